The Bertz CT molecular complexity index is 1370. The number of nitrogens with one attached hydrogen (secondary N) is 1. The molecule has 4 aromatic rings. The van der Waals surface area contributed by atoms with Crippen molar-refractivity contribution in [2.45, 2.75) is 39.3 Å². The summed E-state index contributed by atoms with van der Waals surface area (Å²) in [6.45, 7) is 2.63. The second-order valence-corrected chi connectivity index (χ2v) is 8.46. The fraction of sp³-hybridized carbons (Fsp3) is 0.231. The first-order valence-electron chi connectivity index (χ1n) is 11.7. The van der Waals surface area contributed by atoms with E-state index in [2.05, 4.69) is 56.8 Å². The number of unbranched alkanes of at least 4 members (excludes halogenated alkanes) is 1. The number of aryl methyl sites for hydroxylation is 1. The van der Waals surface area contributed by atoms with E-state index in [0.29, 0.717) is 35.4 Å². The molecule has 0 fully saturated rings. The standard InChI is InChI=1S/C22H23ClN6O.C4H4O4/c1-2-3-8-20-24-21(23)19(14-30)29(20)13-15-9-11-16(12-10-15)17-6-4-5-7-18(17)22-25-27-28-26-22;5-3(6)1-2-4(7)8/h4-7,9-12,30H,2-3,8,13-14H2,1H3,(H,25,26,27,28);1-2H,(H,5,6)(H,7,8)/b;2-1+. The second-order valence-electron chi connectivity index (χ2n) is 8.10. The van der Waals surface area contributed by atoms with Crippen molar-refractivity contribution in [2.24, 2.45) is 0 Å². The van der Waals surface area contributed by atoms with Gasteiger partial charge in [-0.25, -0.2) is 14.6 Å². The van der Waals surface area contributed by atoms with Crippen molar-refractivity contribution < 1.29 is 24.9 Å². The van der Waals surface area contributed by atoms with E-state index < -0.39 is 11.9 Å². The first-order valence-corrected chi connectivity index (χ1v) is 12.1. The maximum Gasteiger partial charge on any atom is 0.328 e. The van der Waals surface area contributed by atoms with Gasteiger partial charge in [-0.15, -0.1) is 10.2 Å². The van der Waals surface area contributed by atoms with E-state index in [1.165, 1.54) is 0 Å². The monoisotopic (exact) mass is 538 g/mol. The molecule has 0 aliphatic carbocycles. The predicted octanol–water partition coefficient (Wildman–Crippen LogP) is 3.98. The lowest BCUT2D eigenvalue weighted by atomic mass is 9.98. The summed E-state index contributed by atoms with van der Waals surface area (Å²) < 4.78 is 2.03. The maximum atomic E-state index is 9.77. The highest BCUT2D eigenvalue weighted by molar-refractivity contribution is 6.30. The van der Waals surface area contributed by atoms with E-state index in [0.717, 1.165) is 47.3 Å². The summed E-state index contributed by atoms with van der Waals surface area (Å²) in [4.78, 5) is 23.6. The molecule has 0 unspecified atom stereocenters. The van der Waals surface area contributed by atoms with Crippen LogP contribution in [0.5, 0.6) is 0 Å². The molecule has 2 aromatic heterocycles. The van der Waals surface area contributed by atoms with Gasteiger partial charge in [-0.3, -0.25) is 0 Å². The van der Waals surface area contributed by atoms with E-state index >= 15 is 0 Å². The minimum atomic E-state index is -1.26. The molecule has 38 heavy (non-hydrogen) atoms. The number of carboxylic acid groups (broad SMARTS) is 2. The molecule has 0 saturated carbocycles. The molecule has 198 valence electrons. The van der Waals surface area contributed by atoms with Crippen LogP contribution in [0, 0.1) is 0 Å². The molecule has 0 aliphatic heterocycles. The Morgan fingerprint density at radius 1 is 1.03 bits per heavy atom. The number of imidazole rings is 1. The van der Waals surface area contributed by atoms with Gasteiger partial charge in [0.15, 0.2) is 5.15 Å². The number of carboxylic acids is 2. The Morgan fingerprint density at radius 2 is 1.68 bits per heavy atom. The highest BCUT2D eigenvalue weighted by Crippen LogP contribution is 2.30. The van der Waals surface area contributed by atoms with Gasteiger partial charge in [0, 0.05) is 30.7 Å². The molecule has 0 aliphatic rings. The average molecular weight is 539 g/mol. The number of carbonyl (C=O) groups is 2. The molecule has 0 amide bonds. The largest absolute Gasteiger partial charge is 0.478 e. The molecular formula is C26H27ClN6O5. The number of aromatic nitrogens is 6. The van der Waals surface area contributed by atoms with E-state index in [1.807, 2.05) is 28.8 Å². The van der Waals surface area contributed by atoms with Crippen molar-refractivity contribution in [3.63, 3.8) is 0 Å². The third-order valence-electron chi connectivity index (χ3n) is 5.49. The Kier molecular flexibility index (Phi) is 10.3. The zero-order chi connectivity index (χ0) is 27.5. The number of aliphatic carboxylic acids is 2. The Balaban J connectivity index is 0.000000436. The topological polar surface area (TPSA) is 167 Å². The van der Waals surface area contributed by atoms with Crippen LogP contribution in [0.1, 0.15) is 36.8 Å². The van der Waals surface area contributed by atoms with Crippen molar-refractivity contribution in [2.75, 3.05) is 0 Å². The summed E-state index contributed by atoms with van der Waals surface area (Å²) in [7, 11) is 0. The van der Waals surface area contributed by atoms with Crippen molar-refractivity contribution in [3.05, 3.63) is 82.9 Å². The summed E-state index contributed by atoms with van der Waals surface area (Å²) in [6, 6.07) is 16.3. The lowest BCUT2D eigenvalue weighted by molar-refractivity contribution is -0.134. The summed E-state index contributed by atoms with van der Waals surface area (Å²) in [6.07, 6.45) is 4.06. The van der Waals surface area contributed by atoms with Crippen LogP contribution in [0.3, 0.4) is 0 Å². The first kappa shape index (κ1) is 28.2. The van der Waals surface area contributed by atoms with Gasteiger partial charge < -0.3 is 19.9 Å². The number of H-pyrrole nitrogens is 1. The summed E-state index contributed by atoms with van der Waals surface area (Å²) in [5.74, 6) is -1.03. The van der Waals surface area contributed by atoms with E-state index in [4.69, 9.17) is 21.8 Å². The van der Waals surface area contributed by atoms with E-state index in [9.17, 15) is 14.7 Å². The van der Waals surface area contributed by atoms with Crippen LogP contribution < -0.4 is 0 Å². The number of tetrazole rings is 1. The summed E-state index contributed by atoms with van der Waals surface area (Å²) in [5.41, 5.74) is 4.80. The molecule has 2 aromatic carbocycles. The number of hydrogen-bond donors (Lipinski definition) is 4. The first-order chi connectivity index (χ1) is 18.3. The minimum Gasteiger partial charge on any atom is -0.478 e. The number of rotatable bonds is 10. The molecule has 0 bridgehead atoms. The van der Waals surface area contributed by atoms with E-state index in [1.54, 1.807) is 0 Å². The molecule has 0 saturated heterocycles. The third-order valence-corrected chi connectivity index (χ3v) is 5.80. The summed E-state index contributed by atoms with van der Waals surface area (Å²) in [5, 5.41) is 40.2. The van der Waals surface area contributed by atoms with Crippen molar-refractivity contribution in [1.82, 2.24) is 30.2 Å². The molecule has 0 atom stereocenters. The number of aromatic amines is 1. The predicted molar refractivity (Wildman–Crippen MR) is 140 cm³/mol. The Labute approximate surface area is 223 Å². The van der Waals surface area contributed by atoms with Crippen molar-refractivity contribution in [1.29, 1.82) is 0 Å². The van der Waals surface area contributed by atoms with Gasteiger partial charge in [0.25, 0.3) is 0 Å². The van der Waals surface area contributed by atoms with Crippen LogP contribution in [0.2, 0.25) is 5.15 Å². The normalized spacial score (nSPS) is 10.8. The lowest BCUT2D eigenvalue weighted by Crippen LogP contribution is -2.09. The van der Waals surface area contributed by atoms with Crippen molar-refractivity contribution >= 4 is 23.5 Å². The van der Waals surface area contributed by atoms with Crippen LogP contribution in [-0.4, -0.2) is 57.4 Å². The second kappa shape index (κ2) is 13.8. The van der Waals surface area contributed by atoms with Gasteiger partial charge in [0.1, 0.15) is 5.82 Å². The quantitative estimate of drug-likeness (QED) is 0.218. The molecule has 0 spiro atoms. The van der Waals surface area contributed by atoms with Gasteiger partial charge in [0.05, 0.1) is 12.3 Å². The fourth-order valence-electron chi connectivity index (χ4n) is 3.69. The highest BCUT2D eigenvalue weighted by atomic mass is 35.5. The van der Waals surface area contributed by atoms with Gasteiger partial charge >= 0.3 is 11.9 Å². The molecular weight excluding hydrogens is 512 g/mol. The smallest absolute Gasteiger partial charge is 0.328 e. The van der Waals surface area contributed by atoms with Crippen LogP contribution >= 0.6 is 11.6 Å². The molecule has 4 N–H and O–H groups in total. The maximum absolute atomic E-state index is 9.77. The lowest BCUT2D eigenvalue weighted by Gasteiger charge is -2.12. The van der Waals surface area contributed by atoms with Gasteiger partial charge in [-0.1, -0.05) is 73.5 Å². The number of aliphatic hydroxyl groups is 1. The van der Waals surface area contributed by atoms with E-state index in [-0.39, 0.29) is 6.61 Å². The molecule has 12 heteroatoms. The summed E-state index contributed by atoms with van der Waals surface area (Å²) >= 11 is 6.26. The minimum absolute atomic E-state index is 0.131. The van der Waals surface area contributed by atoms with Gasteiger partial charge in [0.2, 0.25) is 5.82 Å². The number of nitrogens with zero attached hydrogens (tertiary/aromatic N) is 5. The third kappa shape index (κ3) is 7.58. The Hall–Kier alpha value is -4.35. The SMILES string of the molecule is CCCCc1nc(Cl)c(CO)n1Cc1ccc(-c2ccccc2-c2nn[nH]n2)cc1.O=C(O)/C=C/C(=O)O. The molecule has 11 nitrogen and oxygen atoms in total. The number of hydrogen-bond acceptors (Lipinski definition) is 7. The van der Waals surface area contributed by atoms with Crippen molar-refractivity contribution in [3.8, 4) is 22.5 Å². The number of halogens is 1. The zero-order valence-corrected chi connectivity index (χ0v) is 21.3. The zero-order valence-electron chi connectivity index (χ0n) is 20.6. The fourth-order valence-corrected chi connectivity index (χ4v) is 3.95. The van der Waals surface area contributed by atoms with Crippen LogP contribution in [-0.2, 0) is 29.2 Å². The van der Waals surface area contributed by atoms with Gasteiger partial charge in [-0.05, 0) is 28.3 Å². The Morgan fingerprint density at radius 3 is 2.24 bits per heavy atom. The molecule has 2 heterocycles. The molecule has 0 radical (unpaired) electrons. The molecule has 4 rings (SSSR count). The van der Waals surface area contributed by atoms with Crippen LogP contribution in [0.25, 0.3) is 22.5 Å². The van der Waals surface area contributed by atoms with Crippen LogP contribution in [0.15, 0.2) is 60.7 Å². The van der Waals surface area contributed by atoms with Gasteiger partial charge in [-0.2, -0.15) is 5.21 Å². The van der Waals surface area contributed by atoms with Crippen LogP contribution in [0.4, 0.5) is 0 Å². The average Bonchev–Trinajstić information content (AvgIpc) is 3.55. The number of aliphatic hydroxyl groups excluding tert-OH is 1. The number of benzene rings is 2. The highest BCUT2D eigenvalue weighted by Gasteiger charge is 2.16.